The second-order valence-corrected chi connectivity index (χ2v) is 9.12. The zero-order chi connectivity index (χ0) is 27.4. The molecule has 0 radical (unpaired) electrons. The molecule has 0 aliphatic rings. The van der Waals surface area contributed by atoms with Crippen molar-refractivity contribution in [2.75, 3.05) is 6.54 Å². The molecule has 12 heteroatoms. The molecule has 5 unspecified atom stereocenters. The van der Waals surface area contributed by atoms with Crippen molar-refractivity contribution >= 4 is 23.7 Å². The number of phenols is 1. The van der Waals surface area contributed by atoms with Gasteiger partial charge in [0, 0.05) is 0 Å². The van der Waals surface area contributed by atoms with Crippen LogP contribution in [0.1, 0.15) is 45.6 Å². The Morgan fingerprint density at radius 3 is 1.94 bits per heavy atom. The van der Waals surface area contributed by atoms with Crippen molar-refractivity contribution in [3.8, 4) is 5.75 Å². The van der Waals surface area contributed by atoms with Crippen LogP contribution in [0.5, 0.6) is 5.75 Å². The molecule has 1 rings (SSSR count). The Morgan fingerprint density at radius 2 is 1.44 bits per heavy atom. The maximum Gasteiger partial charge on any atom is 0.326 e. The molecule has 3 amide bonds. The van der Waals surface area contributed by atoms with Gasteiger partial charge in [0.25, 0.3) is 0 Å². The van der Waals surface area contributed by atoms with Gasteiger partial charge in [-0.05, 0) is 62.8 Å². The zero-order valence-electron chi connectivity index (χ0n) is 20.9. The zero-order valence-corrected chi connectivity index (χ0v) is 20.9. The van der Waals surface area contributed by atoms with E-state index in [1.165, 1.54) is 19.1 Å². The van der Waals surface area contributed by atoms with Crippen molar-refractivity contribution in [3.63, 3.8) is 0 Å². The molecule has 0 fully saturated rings. The first-order chi connectivity index (χ1) is 16.9. The Morgan fingerprint density at radius 1 is 0.889 bits per heavy atom. The third-order valence-corrected chi connectivity index (χ3v) is 5.60. The standard InChI is InChI=1S/C24H39N5O7/c1-13(2)19(28-21(32)17(26)12-15-7-9-16(31)10-8-15)22(33)29-20(14(3)30)23(34)27-18(24(35)36)6-4-5-11-25/h7-10,13-14,17-20,30-31H,4-6,11-12,25-26H2,1-3H3,(H,27,34)(H,28,32)(H,29,33)(H,35,36). The molecule has 202 valence electrons. The van der Waals surface area contributed by atoms with Gasteiger partial charge in [-0.15, -0.1) is 0 Å². The van der Waals surface area contributed by atoms with E-state index < -0.39 is 59.9 Å². The van der Waals surface area contributed by atoms with Gasteiger partial charge in [0.2, 0.25) is 17.7 Å². The minimum atomic E-state index is -1.45. The fourth-order valence-corrected chi connectivity index (χ4v) is 3.43. The van der Waals surface area contributed by atoms with Crippen LogP contribution >= 0.6 is 0 Å². The Bertz CT molecular complexity index is 876. The van der Waals surface area contributed by atoms with Crippen LogP contribution in [-0.4, -0.2) is 75.8 Å². The number of carbonyl (C=O) groups is 4. The molecule has 0 heterocycles. The number of aliphatic hydroxyl groups excluding tert-OH is 1. The van der Waals surface area contributed by atoms with Crippen LogP contribution in [0.4, 0.5) is 0 Å². The van der Waals surface area contributed by atoms with Gasteiger partial charge in [0.05, 0.1) is 12.1 Å². The summed E-state index contributed by atoms with van der Waals surface area (Å²) >= 11 is 0. The summed E-state index contributed by atoms with van der Waals surface area (Å²) in [5, 5.41) is 36.2. The molecule has 0 aromatic heterocycles. The van der Waals surface area contributed by atoms with Crippen LogP contribution in [0.3, 0.4) is 0 Å². The maximum absolute atomic E-state index is 13.0. The van der Waals surface area contributed by atoms with E-state index in [9.17, 15) is 34.5 Å². The lowest BCUT2D eigenvalue weighted by molar-refractivity contribution is -0.143. The quantitative estimate of drug-likeness (QED) is 0.135. The summed E-state index contributed by atoms with van der Waals surface area (Å²) in [4.78, 5) is 49.9. The van der Waals surface area contributed by atoms with Gasteiger partial charge in [0.1, 0.15) is 23.9 Å². The second kappa shape index (κ2) is 15.0. The van der Waals surface area contributed by atoms with Crippen molar-refractivity contribution in [1.29, 1.82) is 0 Å². The number of rotatable bonds is 15. The topological polar surface area (TPSA) is 217 Å². The predicted octanol–water partition coefficient (Wildman–Crippen LogP) is -1.03. The van der Waals surface area contributed by atoms with Crippen LogP contribution in [-0.2, 0) is 25.6 Å². The number of hydrogen-bond donors (Lipinski definition) is 8. The molecule has 0 saturated heterocycles. The number of hydrogen-bond acceptors (Lipinski definition) is 8. The highest BCUT2D eigenvalue weighted by Crippen LogP contribution is 2.12. The number of carboxylic acid groups (broad SMARTS) is 1. The number of benzene rings is 1. The average molecular weight is 510 g/mol. The smallest absolute Gasteiger partial charge is 0.326 e. The normalized spacial score (nSPS) is 15.3. The number of carbonyl (C=O) groups excluding carboxylic acids is 3. The maximum atomic E-state index is 13.0. The van der Waals surface area contributed by atoms with E-state index in [1.807, 2.05) is 0 Å². The number of unbranched alkanes of at least 4 members (excludes halogenated alkanes) is 1. The molecule has 1 aromatic carbocycles. The number of phenolic OH excluding ortho intramolecular Hbond substituents is 1. The molecule has 0 spiro atoms. The van der Waals surface area contributed by atoms with Crippen molar-refractivity contribution in [1.82, 2.24) is 16.0 Å². The largest absolute Gasteiger partial charge is 0.508 e. The first-order valence-corrected chi connectivity index (χ1v) is 11.9. The average Bonchev–Trinajstić information content (AvgIpc) is 2.80. The van der Waals surface area contributed by atoms with Gasteiger partial charge in [-0.1, -0.05) is 26.0 Å². The van der Waals surface area contributed by atoms with E-state index in [-0.39, 0.29) is 18.6 Å². The van der Waals surface area contributed by atoms with Crippen molar-refractivity contribution in [3.05, 3.63) is 29.8 Å². The lowest BCUT2D eigenvalue weighted by Gasteiger charge is -2.28. The third-order valence-electron chi connectivity index (χ3n) is 5.60. The molecule has 10 N–H and O–H groups in total. The van der Waals surface area contributed by atoms with Gasteiger partial charge in [0.15, 0.2) is 0 Å². The van der Waals surface area contributed by atoms with Crippen LogP contribution < -0.4 is 27.4 Å². The lowest BCUT2D eigenvalue weighted by atomic mass is 10.0. The molecular formula is C24H39N5O7. The first-order valence-electron chi connectivity index (χ1n) is 11.9. The number of nitrogens with two attached hydrogens (primary N) is 2. The minimum Gasteiger partial charge on any atom is -0.508 e. The Hall–Kier alpha value is -3.22. The summed E-state index contributed by atoms with van der Waals surface area (Å²) in [5.74, 6) is -3.75. The fraction of sp³-hybridized carbons (Fsp3) is 0.583. The molecular weight excluding hydrogens is 470 g/mol. The summed E-state index contributed by atoms with van der Waals surface area (Å²) in [7, 11) is 0. The van der Waals surface area contributed by atoms with E-state index in [0.29, 0.717) is 24.9 Å². The molecule has 0 saturated carbocycles. The van der Waals surface area contributed by atoms with E-state index >= 15 is 0 Å². The predicted molar refractivity (Wildman–Crippen MR) is 133 cm³/mol. The van der Waals surface area contributed by atoms with Crippen LogP contribution in [0.25, 0.3) is 0 Å². The third kappa shape index (κ3) is 10.2. The first kappa shape index (κ1) is 30.8. The number of carboxylic acids is 1. The van der Waals surface area contributed by atoms with E-state index in [4.69, 9.17) is 11.5 Å². The number of aromatic hydroxyl groups is 1. The van der Waals surface area contributed by atoms with Crippen molar-refractivity contribution in [2.45, 2.75) is 76.7 Å². The van der Waals surface area contributed by atoms with Gasteiger partial charge in [-0.3, -0.25) is 14.4 Å². The highest BCUT2D eigenvalue weighted by atomic mass is 16.4. The number of nitrogens with one attached hydrogen (secondary N) is 3. The Labute approximate surface area is 210 Å². The minimum absolute atomic E-state index is 0.0789. The SMILES string of the molecule is CC(C)C(NC(=O)C(N)Cc1ccc(O)cc1)C(=O)NC(C(=O)NC(CCCCN)C(=O)O)C(C)O. The molecule has 0 bridgehead atoms. The van der Waals surface area contributed by atoms with Gasteiger partial charge in [-0.2, -0.15) is 0 Å². The van der Waals surface area contributed by atoms with Crippen LogP contribution in [0.15, 0.2) is 24.3 Å². The second-order valence-electron chi connectivity index (χ2n) is 9.12. The highest BCUT2D eigenvalue weighted by Gasteiger charge is 2.33. The number of aliphatic carboxylic acids is 1. The number of aliphatic hydroxyl groups is 1. The van der Waals surface area contributed by atoms with Gasteiger partial charge in [-0.25, -0.2) is 4.79 Å². The van der Waals surface area contributed by atoms with E-state index in [2.05, 4.69) is 16.0 Å². The van der Waals surface area contributed by atoms with Crippen LogP contribution in [0.2, 0.25) is 0 Å². The molecule has 1 aromatic rings. The molecule has 0 aliphatic carbocycles. The summed E-state index contributed by atoms with van der Waals surface area (Å²) in [6.45, 7) is 5.04. The molecule has 36 heavy (non-hydrogen) atoms. The summed E-state index contributed by atoms with van der Waals surface area (Å²) in [6, 6.07) is 1.49. The van der Waals surface area contributed by atoms with Crippen molar-refractivity contribution < 1.29 is 34.5 Å². The summed E-state index contributed by atoms with van der Waals surface area (Å²) < 4.78 is 0. The van der Waals surface area contributed by atoms with Gasteiger partial charge < -0.3 is 42.7 Å². The summed E-state index contributed by atoms with van der Waals surface area (Å²) in [6.07, 6.45) is 0.0275. The summed E-state index contributed by atoms with van der Waals surface area (Å²) in [5.41, 5.74) is 12.1. The molecule has 5 atom stereocenters. The molecule has 0 aliphatic heterocycles. The lowest BCUT2D eigenvalue weighted by Crippen LogP contribution is -2.60. The highest BCUT2D eigenvalue weighted by molar-refractivity contribution is 5.94. The van der Waals surface area contributed by atoms with E-state index in [0.717, 1.165) is 0 Å². The Balaban J connectivity index is 2.85. The van der Waals surface area contributed by atoms with E-state index in [1.54, 1.807) is 26.0 Å². The van der Waals surface area contributed by atoms with Gasteiger partial charge >= 0.3 is 5.97 Å². The fourth-order valence-electron chi connectivity index (χ4n) is 3.43. The monoisotopic (exact) mass is 509 g/mol. The number of amides is 3. The Kier molecular flexibility index (Phi) is 12.9. The molecule has 12 nitrogen and oxygen atoms in total. The van der Waals surface area contributed by atoms with Crippen molar-refractivity contribution in [2.24, 2.45) is 17.4 Å². The van der Waals surface area contributed by atoms with Crippen LogP contribution in [0, 0.1) is 5.92 Å².